The van der Waals surface area contributed by atoms with E-state index < -0.39 is 0 Å². The lowest BCUT2D eigenvalue weighted by Crippen LogP contribution is -2.40. The maximum Gasteiger partial charge on any atom is 0.149 e. The van der Waals surface area contributed by atoms with E-state index in [-0.39, 0.29) is 0 Å². The van der Waals surface area contributed by atoms with E-state index in [1.54, 1.807) is 6.07 Å². The molecule has 0 aromatic carbocycles. The van der Waals surface area contributed by atoms with Crippen molar-refractivity contribution in [1.29, 1.82) is 0 Å². The molecule has 0 unspecified atom stereocenters. The van der Waals surface area contributed by atoms with Gasteiger partial charge in [0, 0.05) is 6.54 Å². The van der Waals surface area contributed by atoms with E-state index in [2.05, 4.69) is 29.2 Å². The zero-order valence-electron chi connectivity index (χ0n) is 11.2. The van der Waals surface area contributed by atoms with Gasteiger partial charge in [-0.05, 0) is 50.5 Å². The fraction of sp³-hybridized carbons (Fsp3) is 0.615. The van der Waals surface area contributed by atoms with Crippen molar-refractivity contribution in [3.05, 3.63) is 12.1 Å². The van der Waals surface area contributed by atoms with Crippen molar-refractivity contribution >= 4 is 17.3 Å². The van der Waals surface area contributed by atoms with Crippen LogP contribution in [0.3, 0.4) is 0 Å². The highest BCUT2D eigenvalue weighted by Crippen LogP contribution is 2.30. The normalized spacial score (nSPS) is 19.7. The van der Waals surface area contributed by atoms with Crippen LogP contribution >= 0.6 is 0 Å². The van der Waals surface area contributed by atoms with E-state index in [0.717, 1.165) is 25.5 Å². The van der Waals surface area contributed by atoms with Crippen LogP contribution in [0.5, 0.6) is 0 Å². The first-order valence-corrected chi connectivity index (χ1v) is 6.43. The van der Waals surface area contributed by atoms with Crippen molar-refractivity contribution < 1.29 is 0 Å². The highest BCUT2D eigenvalue weighted by atomic mass is 15.1. The average molecular weight is 249 g/mol. The van der Waals surface area contributed by atoms with Crippen LogP contribution in [0.4, 0.5) is 17.3 Å². The summed E-state index contributed by atoms with van der Waals surface area (Å²) < 4.78 is 0. The van der Waals surface area contributed by atoms with Crippen LogP contribution in [0, 0.1) is 5.41 Å². The number of rotatable bonds is 3. The van der Waals surface area contributed by atoms with Gasteiger partial charge in [-0.25, -0.2) is 4.98 Å². The fourth-order valence-electron chi connectivity index (χ4n) is 2.22. The number of hydrogen-bond acceptors (Lipinski definition) is 5. The van der Waals surface area contributed by atoms with Crippen LogP contribution in [-0.4, -0.2) is 36.6 Å². The number of nitrogens with two attached hydrogens (primary N) is 2. The Hall–Kier alpha value is -1.49. The molecule has 5 N–H and O–H groups in total. The molecule has 1 aliphatic rings. The Morgan fingerprint density at radius 2 is 2.00 bits per heavy atom. The summed E-state index contributed by atoms with van der Waals surface area (Å²) in [6, 6.07) is 3.67. The van der Waals surface area contributed by atoms with Crippen molar-refractivity contribution in [2.75, 3.05) is 43.5 Å². The van der Waals surface area contributed by atoms with E-state index in [4.69, 9.17) is 11.5 Å². The minimum absolute atomic E-state index is 0.338. The first-order chi connectivity index (χ1) is 8.48. The molecule has 2 rings (SSSR count). The lowest BCUT2D eigenvalue weighted by Gasteiger charge is -2.38. The molecule has 0 bridgehead atoms. The van der Waals surface area contributed by atoms with Gasteiger partial charge in [0.2, 0.25) is 0 Å². The minimum Gasteiger partial charge on any atom is -0.396 e. The van der Waals surface area contributed by atoms with Crippen molar-refractivity contribution in [2.24, 2.45) is 5.41 Å². The van der Waals surface area contributed by atoms with Gasteiger partial charge in [0.25, 0.3) is 0 Å². The van der Waals surface area contributed by atoms with E-state index in [1.807, 2.05) is 6.07 Å². The van der Waals surface area contributed by atoms with Gasteiger partial charge in [-0.1, -0.05) is 6.92 Å². The highest BCUT2D eigenvalue weighted by Gasteiger charge is 2.28. The summed E-state index contributed by atoms with van der Waals surface area (Å²) in [5, 5.41) is 3.37. The number of nitrogens with one attached hydrogen (secondary N) is 1. The predicted molar refractivity (Wildman–Crippen MR) is 76.4 cm³/mol. The molecule has 0 aliphatic carbocycles. The molecule has 2 heterocycles. The van der Waals surface area contributed by atoms with Gasteiger partial charge in [-0.15, -0.1) is 0 Å². The highest BCUT2D eigenvalue weighted by molar-refractivity contribution is 5.61. The molecule has 0 spiro atoms. The maximum absolute atomic E-state index is 5.70. The molecule has 1 saturated heterocycles. The number of nitrogen functional groups attached to an aromatic ring is 2. The van der Waals surface area contributed by atoms with E-state index >= 15 is 0 Å². The van der Waals surface area contributed by atoms with E-state index in [1.165, 1.54) is 12.8 Å². The van der Waals surface area contributed by atoms with Crippen LogP contribution in [0.1, 0.15) is 19.8 Å². The Labute approximate surface area is 109 Å². The first kappa shape index (κ1) is 13.0. The smallest absolute Gasteiger partial charge is 0.149 e. The van der Waals surface area contributed by atoms with Crippen molar-refractivity contribution in [1.82, 2.24) is 9.88 Å². The van der Waals surface area contributed by atoms with Gasteiger partial charge < -0.3 is 21.7 Å². The Kier molecular flexibility index (Phi) is 3.61. The van der Waals surface area contributed by atoms with Gasteiger partial charge in [-0.2, -0.15) is 0 Å². The topological polar surface area (TPSA) is 80.2 Å². The molecule has 0 saturated carbocycles. The van der Waals surface area contributed by atoms with Gasteiger partial charge in [0.15, 0.2) is 0 Å². The zero-order chi connectivity index (χ0) is 13.2. The predicted octanol–water partition coefficient (Wildman–Crippen LogP) is 1.39. The summed E-state index contributed by atoms with van der Waals surface area (Å²) in [5.41, 5.74) is 12.2. The van der Waals surface area contributed by atoms with Gasteiger partial charge in [0.1, 0.15) is 11.6 Å². The van der Waals surface area contributed by atoms with E-state index in [0.29, 0.717) is 16.9 Å². The second-order valence-corrected chi connectivity index (χ2v) is 5.64. The number of hydrogen-bond donors (Lipinski definition) is 3. The minimum atomic E-state index is 0.338. The second kappa shape index (κ2) is 5.02. The molecule has 18 heavy (non-hydrogen) atoms. The molecule has 0 atom stereocenters. The second-order valence-electron chi connectivity index (χ2n) is 5.64. The van der Waals surface area contributed by atoms with Gasteiger partial charge in [0.05, 0.1) is 5.69 Å². The third kappa shape index (κ3) is 3.04. The van der Waals surface area contributed by atoms with E-state index in [9.17, 15) is 0 Å². The molecule has 1 fully saturated rings. The van der Waals surface area contributed by atoms with Crippen LogP contribution in [0.25, 0.3) is 0 Å². The lowest BCUT2D eigenvalue weighted by atomic mass is 9.80. The molecule has 0 radical (unpaired) electrons. The summed E-state index contributed by atoms with van der Waals surface area (Å²) >= 11 is 0. The number of likely N-dealkylation sites (tertiary alicyclic amines) is 1. The average Bonchev–Trinajstić information content (AvgIpc) is 2.35. The molecule has 100 valence electrons. The van der Waals surface area contributed by atoms with Crippen molar-refractivity contribution in [3.8, 4) is 0 Å². The monoisotopic (exact) mass is 249 g/mol. The Morgan fingerprint density at radius 1 is 1.33 bits per heavy atom. The Balaban J connectivity index is 1.92. The number of piperidine rings is 1. The lowest BCUT2D eigenvalue weighted by molar-refractivity contribution is 0.150. The zero-order valence-corrected chi connectivity index (χ0v) is 11.2. The molecule has 5 nitrogen and oxygen atoms in total. The molecular weight excluding hydrogens is 226 g/mol. The first-order valence-electron chi connectivity index (χ1n) is 6.43. The molecular formula is C13H23N5. The summed E-state index contributed by atoms with van der Waals surface area (Å²) in [6.07, 6.45) is 2.42. The Bertz CT molecular complexity index is 410. The summed E-state index contributed by atoms with van der Waals surface area (Å²) in [5.74, 6) is 1.20. The van der Waals surface area contributed by atoms with Gasteiger partial charge >= 0.3 is 0 Å². The number of aromatic nitrogens is 1. The summed E-state index contributed by atoms with van der Waals surface area (Å²) in [6.45, 7) is 5.58. The fourth-order valence-corrected chi connectivity index (χ4v) is 2.22. The quantitative estimate of drug-likeness (QED) is 0.754. The Morgan fingerprint density at radius 3 is 2.61 bits per heavy atom. The van der Waals surface area contributed by atoms with Gasteiger partial charge in [-0.3, -0.25) is 0 Å². The maximum atomic E-state index is 5.70. The third-order valence-electron chi connectivity index (χ3n) is 3.85. The van der Waals surface area contributed by atoms with Crippen LogP contribution in [-0.2, 0) is 0 Å². The molecule has 5 heteroatoms. The molecule has 1 aromatic heterocycles. The standard InChI is InChI=1S/C13H23N5/c1-13(5-7-18(2)8-6-13)9-16-11-4-3-10(14)12(15)17-11/h3-4H,5-9,14H2,1-2H3,(H3,15,16,17). The van der Waals surface area contributed by atoms with Crippen LogP contribution < -0.4 is 16.8 Å². The van der Waals surface area contributed by atoms with Crippen molar-refractivity contribution in [2.45, 2.75) is 19.8 Å². The third-order valence-corrected chi connectivity index (χ3v) is 3.85. The number of pyridine rings is 1. The van der Waals surface area contributed by atoms with Crippen LogP contribution in [0.15, 0.2) is 12.1 Å². The van der Waals surface area contributed by atoms with Crippen molar-refractivity contribution in [3.63, 3.8) is 0 Å². The molecule has 1 aromatic rings. The number of nitrogens with zero attached hydrogens (tertiary/aromatic N) is 2. The van der Waals surface area contributed by atoms with Crippen LogP contribution in [0.2, 0.25) is 0 Å². The number of anilines is 3. The largest absolute Gasteiger partial charge is 0.396 e. The summed E-state index contributed by atoms with van der Waals surface area (Å²) in [7, 11) is 2.18. The molecule has 1 aliphatic heterocycles. The SMILES string of the molecule is CN1CCC(C)(CNc2ccc(N)c(N)n2)CC1. The molecule has 0 amide bonds. The summed E-state index contributed by atoms with van der Waals surface area (Å²) in [4.78, 5) is 6.61.